The van der Waals surface area contributed by atoms with Crippen molar-refractivity contribution >= 4 is 11.7 Å². The lowest BCUT2D eigenvalue weighted by atomic mass is 9.71. The lowest BCUT2D eigenvalue weighted by Gasteiger charge is -2.33. The van der Waals surface area contributed by atoms with Crippen molar-refractivity contribution in [3.8, 4) is 0 Å². The molecule has 94 valence electrons. The minimum Gasteiger partial charge on any atom is -0.370 e. The van der Waals surface area contributed by atoms with Gasteiger partial charge in [0, 0.05) is 12.8 Å². The van der Waals surface area contributed by atoms with Gasteiger partial charge in [0.25, 0.3) is 0 Å². The zero-order chi connectivity index (χ0) is 13.0. The van der Waals surface area contributed by atoms with Crippen LogP contribution in [0.15, 0.2) is 0 Å². The van der Waals surface area contributed by atoms with Gasteiger partial charge in [-0.1, -0.05) is 27.7 Å². The maximum atomic E-state index is 11.3. The summed E-state index contributed by atoms with van der Waals surface area (Å²) in [4.78, 5) is 22.2. The molecule has 0 saturated carbocycles. The molecule has 0 bridgehead atoms. The zero-order valence-electron chi connectivity index (χ0n) is 10.8. The fraction of sp³-hybridized carbons (Fsp3) is 0.833. The highest BCUT2D eigenvalue weighted by molar-refractivity contribution is 5.80. The van der Waals surface area contributed by atoms with Crippen LogP contribution in [0.5, 0.6) is 0 Å². The number of nitrogens with two attached hydrogens (primary N) is 2. The number of amides is 1. The van der Waals surface area contributed by atoms with E-state index in [9.17, 15) is 9.59 Å². The number of ketones is 1. The minimum atomic E-state index is -0.300. The van der Waals surface area contributed by atoms with Crippen molar-refractivity contribution < 1.29 is 9.59 Å². The Morgan fingerprint density at radius 3 is 1.81 bits per heavy atom. The lowest BCUT2D eigenvalue weighted by molar-refractivity contribution is -0.120. The molecular formula is C12H24N2O2. The molecule has 0 saturated heterocycles. The summed E-state index contributed by atoms with van der Waals surface area (Å²) >= 11 is 0. The number of carbonyl (C=O) groups is 2. The van der Waals surface area contributed by atoms with Crippen LogP contribution in [0.3, 0.4) is 0 Å². The normalized spacial score (nSPS) is 12.6. The van der Waals surface area contributed by atoms with E-state index >= 15 is 0 Å². The fourth-order valence-corrected chi connectivity index (χ4v) is 2.50. The number of hydrogen-bond donors (Lipinski definition) is 2. The molecule has 4 nitrogen and oxygen atoms in total. The number of rotatable bonds is 7. The Balaban J connectivity index is 4.44. The maximum absolute atomic E-state index is 11.3. The highest BCUT2D eigenvalue weighted by atomic mass is 16.1. The third-order valence-electron chi connectivity index (χ3n) is 2.51. The van der Waals surface area contributed by atoms with E-state index in [0.717, 1.165) is 6.42 Å². The summed E-state index contributed by atoms with van der Waals surface area (Å²) in [7, 11) is 0. The second-order valence-corrected chi connectivity index (χ2v) is 6.07. The standard InChI is InChI=1S/C12H24N2O2/c1-11(2,5-9(15)7-13)8-12(3,4)6-10(14)16/h5-8,13H2,1-4H3,(H2,14,16). The first kappa shape index (κ1) is 15.1. The summed E-state index contributed by atoms with van der Waals surface area (Å²) in [5, 5.41) is 0. The molecule has 16 heavy (non-hydrogen) atoms. The quantitative estimate of drug-likeness (QED) is 0.687. The first-order chi connectivity index (χ1) is 7.08. The number of carbonyl (C=O) groups excluding carboxylic acids is 2. The molecule has 1 amide bonds. The van der Waals surface area contributed by atoms with Gasteiger partial charge in [0.05, 0.1) is 6.54 Å². The van der Waals surface area contributed by atoms with E-state index in [0.29, 0.717) is 12.8 Å². The van der Waals surface area contributed by atoms with Gasteiger partial charge >= 0.3 is 0 Å². The van der Waals surface area contributed by atoms with Gasteiger partial charge in [-0.25, -0.2) is 0 Å². The van der Waals surface area contributed by atoms with Gasteiger partial charge in [0.1, 0.15) is 5.78 Å². The summed E-state index contributed by atoms with van der Waals surface area (Å²) in [6.07, 6.45) is 1.56. The van der Waals surface area contributed by atoms with Crippen LogP contribution in [0.2, 0.25) is 0 Å². The van der Waals surface area contributed by atoms with Gasteiger partial charge < -0.3 is 11.5 Å². The second-order valence-electron chi connectivity index (χ2n) is 6.07. The SMILES string of the molecule is CC(C)(CC(N)=O)CC(C)(C)CC(=O)CN. The summed E-state index contributed by atoms with van der Waals surface area (Å²) in [6, 6.07) is 0. The predicted molar refractivity (Wildman–Crippen MR) is 64.7 cm³/mol. The first-order valence-electron chi connectivity index (χ1n) is 5.58. The third kappa shape index (κ3) is 6.56. The van der Waals surface area contributed by atoms with E-state index in [1.807, 2.05) is 27.7 Å². The summed E-state index contributed by atoms with van der Waals surface area (Å²) in [5.74, 6) is -0.245. The van der Waals surface area contributed by atoms with E-state index in [2.05, 4.69) is 0 Å². The molecule has 0 aliphatic carbocycles. The molecule has 0 aliphatic rings. The van der Waals surface area contributed by atoms with Crippen LogP contribution in [0.1, 0.15) is 47.0 Å². The minimum absolute atomic E-state index is 0.0554. The van der Waals surface area contributed by atoms with E-state index in [4.69, 9.17) is 11.5 Å². The molecule has 0 aliphatic heterocycles. The van der Waals surface area contributed by atoms with Crippen molar-refractivity contribution in [3.05, 3.63) is 0 Å². The van der Waals surface area contributed by atoms with Crippen molar-refractivity contribution in [3.63, 3.8) is 0 Å². The number of primary amides is 1. The summed E-state index contributed by atoms with van der Waals surface area (Å²) in [5.41, 5.74) is 10.2. The Kier molecular flexibility index (Phi) is 5.13. The van der Waals surface area contributed by atoms with Crippen molar-refractivity contribution in [1.82, 2.24) is 0 Å². The average molecular weight is 228 g/mol. The Hall–Kier alpha value is -0.900. The van der Waals surface area contributed by atoms with Gasteiger partial charge in [-0.2, -0.15) is 0 Å². The van der Waals surface area contributed by atoms with Crippen molar-refractivity contribution in [2.75, 3.05) is 6.54 Å². The molecule has 0 atom stereocenters. The predicted octanol–water partition coefficient (Wildman–Crippen LogP) is 1.22. The van der Waals surface area contributed by atoms with Crippen LogP contribution in [0.25, 0.3) is 0 Å². The molecule has 0 radical (unpaired) electrons. The summed E-state index contributed by atoms with van der Waals surface area (Å²) in [6.45, 7) is 8.10. The molecule has 0 aromatic heterocycles. The average Bonchev–Trinajstić information content (AvgIpc) is 1.97. The molecular weight excluding hydrogens is 204 g/mol. The van der Waals surface area contributed by atoms with Crippen LogP contribution in [-0.4, -0.2) is 18.2 Å². The van der Waals surface area contributed by atoms with E-state index in [-0.39, 0.29) is 29.1 Å². The van der Waals surface area contributed by atoms with Gasteiger partial charge in [-0.3, -0.25) is 9.59 Å². The number of hydrogen-bond acceptors (Lipinski definition) is 3. The monoisotopic (exact) mass is 228 g/mol. The smallest absolute Gasteiger partial charge is 0.217 e. The molecule has 4 heteroatoms. The van der Waals surface area contributed by atoms with Gasteiger partial charge in [0.15, 0.2) is 0 Å². The van der Waals surface area contributed by atoms with Gasteiger partial charge in [-0.05, 0) is 17.3 Å². The van der Waals surface area contributed by atoms with Gasteiger partial charge in [-0.15, -0.1) is 0 Å². The molecule has 0 aromatic rings. The molecule has 0 unspecified atom stereocenters. The molecule has 0 heterocycles. The second kappa shape index (κ2) is 5.43. The van der Waals surface area contributed by atoms with Gasteiger partial charge in [0.2, 0.25) is 5.91 Å². The van der Waals surface area contributed by atoms with E-state index in [1.165, 1.54) is 0 Å². The Labute approximate surface area is 97.8 Å². The third-order valence-corrected chi connectivity index (χ3v) is 2.51. The molecule has 0 fully saturated rings. The van der Waals surface area contributed by atoms with Crippen LogP contribution < -0.4 is 11.5 Å². The maximum Gasteiger partial charge on any atom is 0.217 e. The van der Waals surface area contributed by atoms with Crippen LogP contribution in [0.4, 0.5) is 0 Å². The highest BCUT2D eigenvalue weighted by Gasteiger charge is 2.31. The first-order valence-corrected chi connectivity index (χ1v) is 5.58. The van der Waals surface area contributed by atoms with Crippen LogP contribution >= 0.6 is 0 Å². The molecule has 0 aromatic carbocycles. The van der Waals surface area contributed by atoms with Crippen LogP contribution in [0, 0.1) is 10.8 Å². The fourth-order valence-electron chi connectivity index (χ4n) is 2.50. The Morgan fingerprint density at radius 1 is 1.00 bits per heavy atom. The van der Waals surface area contributed by atoms with E-state index < -0.39 is 0 Å². The summed E-state index contributed by atoms with van der Waals surface area (Å²) < 4.78 is 0. The van der Waals surface area contributed by atoms with Crippen molar-refractivity contribution in [1.29, 1.82) is 0 Å². The Bertz CT molecular complexity index is 270. The number of Topliss-reactive ketones (excluding diaryl/α,β-unsaturated/α-hetero) is 1. The van der Waals surface area contributed by atoms with Crippen LogP contribution in [-0.2, 0) is 9.59 Å². The highest BCUT2D eigenvalue weighted by Crippen LogP contribution is 2.38. The van der Waals surface area contributed by atoms with E-state index in [1.54, 1.807) is 0 Å². The zero-order valence-corrected chi connectivity index (χ0v) is 10.8. The molecule has 0 rings (SSSR count). The largest absolute Gasteiger partial charge is 0.370 e. The van der Waals surface area contributed by atoms with Crippen molar-refractivity contribution in [2.24, 2.45) is 22.3 Å². The topological polar surface area (TPSA) is 86.2 Å². The lowest BCUT2D eigenvalue weighted by Crippen LogP contribution is -2.31. The molecule has 0 spiro atoms. The molecule has 4 N–H and O–H groups in total. The van der Waals surface area contributed by atoms with Crippen molar-refractivity contribution in [2.45, 2.75) is 47.0 Å². The Morgan fingerprint density at radius 2 is 1.44 bits per heavy atom.